The average Bonchev–Trinajstić information content (AvgIpc) is 3.16. The summed E-state index contributed by atoms with van der Waals surface area (Å²) in [6.45, 7) is 5.71. The maximum absolute atomic E-state index is 13.2. The number of aromatic nitrogens is 1. The van der Waals surface area contributed by atoms with E-state index in [1.165, 1.54) is 17.0 Å². The molecule has 1 aliphatic heterocycles. The zero-order valence-corrected chi connectivity index (χ0v) is 17.6. The second-order valence-corrected chi connectivity index (χ2v) is 8.19. The van der Waals surface area contributed by atoms with Crippen LogP contribution in [0.25, 0.3) is 10.6 Å². The molecule has 0 radical (unpaired) electrons. The zero-order valence-electron chi connectivity index (χ0n) is 16.8. The van der Waals surface area contributed by atoms with E-state index in [0.29, 0.717) is 11.4 Å². The molecule has 2 aromatic carbocycles. The predicted molar refractivity (Wildman–Crippen MR) is 118 cm³/mol. The molecule has 0 aliphatic carbocycles. The maximum Gasteiger partial charge on any atom is 0.265 e. The van der Waals surface area contributed by atoms with E-state index in [4.69, 9.17) is 4.74 Å². The number of hydrogen-bond acceptors (Lipinski definition) is 5. The predicted octanol–water partition coefficient (Wildman–Crippen LogP) is 4.23. The van der Waals surface area contributed by atoms with Crippen LogP contribution in [0.1, 0.15) is 20.9 Å². The van der Waals surface area contributed by atoms with Crippen LogP contribution in [0.5, 0.6) is 0 Å². The summed E-state index contributed by atoms with van der Waals surface area (Å²) in [6, 6.07) is 18.3. The lowest BCUT2D eigenvalue weighted by Gasteiger charge is -2.31. The van der Waals surface area contributed by atoms with Crippen LogP contribution in [0.4, 0.5) is 5.69 Å². The summed E-state index contributed by atoms with van der Waals surface area (Å²) < 4.78 is 5.48. The van der Waals surface area contributed by atoms with Gasteiger partial charge in [0.25, 0.3) is 5.91 Å². The molecule has 1 aromatic heterocycles. The Bertz CT molecular complexity index is 981. The van der Waals surface area contributed by atoms with Crippen molar-refractivity contribution in [2.24, 2.45) is 0 Å². The molecule has 0 atom stereocenters. The zero-order chi connectivity index (χ0) is 20.2. The lowest BCUT2D eigenvalue weighted by molar-refractivity contribution is 0.0788. The molecule has 0 N–H and O–H groups in total. The highest BCUT2D eigenvalue weighted by molar-refractivity contribution is 7.17. The van der Waals surface area contributed by atoms with Crippen molar-refractivity contribution in [2.45, 2.75) is 13.5 Å². The number of amides is 1. The molecule has 1 saturated heterocycles. The van der Waals surface area contributed by atoms with Gasteiger partial charge in [-0.15, -0.1) is 11.3 Å². The Morgan fingerprint density at radius 2 is 1.79 bits per heavy atom. The molecule has 4 rings (SSSR count). The van der Waals surface area contributed by atoms with E-state index in [1.54, 1.807) is 4.90 Å². The SMILES string of the molecule is Cc1nc(-c2ccccc2)sc1C(=O)N(C)Cc1ccccc1N1CCOCC1. The third-order valence-corrected chi connectivity index (χ3v) is 6.30. The van der Waals surface area contributed by atoms with Crippen molar-refractivity contribution in [3.05, 3.63) is 70.7 Å². The van der Waals surface area contributed by atoms with Gasteiger partial charge in [0.1, 0.15) is 9.88 Å². The third-order valence-electron chi connectivity index (χ3n) is 5.11. The summed E-state index contributed by atoms with van der Waals surface area (Å²) in [7, 11) is 1.86. The number of para-hydroxylation sites is 1. The smallest absolute Gasteiger partial charge is 0.265 e. The van der Waals surface area contributed by atoms with Crippen LogP contribution in [-0.2, 0) is 11.3 Å². The van der Waals surface area contributed by atoms with Crippen molar-refractivity contribution < 1.29 is 9.53 Å². The lowest BCUT2D eigenvalue weighted by Crippen LogP contribution is -2.37. The third kappa shape index (κ3) is 4.33. The first-order chi connectivity index (χ1) is 14.1. The first-order valence-electron chi connectivity index (χ1n) is 9.82. The van der Waals surface area contributed by atoms with Crippen LogP contribution in [0, 0.1) is 6.92 Å². The van der Waals surface area contributed by atoms with E-state index < -0.39 is 0 Å². The minimum absolute atomic E-state index is 0.0129. The number of ether oxygens (including phenoxy) is 1. The standard InChI is InChI=1S/C23H25N3O2S/c1-17-21(29-22(24-17)18-8-4-3-5-9-18)23(27)25(2)16-19-10-6-7-11-20(19)26-12-14-28-15-13-26/h3-11H,12-16H2,1-2H3. The van der Waals surface area contributed by atoms with Crippen LogP contribution in [-0.4, -0.2) is 49.1 Å². The van der Waals surface area contributed by atoms with Crippen LogP contribution >= 0.6 is 11.3 Å². The number of carbonyl (C=O) groups excluding carboxylic acids is 1. The van der Waals surface area contributed by atoms with E-state index >= 15 is 0 Å². The number of thiazole rings is 1. The van der Waals surface area contributed by atoms with Crippen molar-refractivity contribution in [3.8, 4) is 10.6 Å². The Kier molecular flexibility index (Phi) is 5.92. The molecular weight excluding hydrogens is 382 g/mol. The van der Waals surface area contributed by atoms with Crippen LogP contribution in [0.3, 0.4) is 0 Å². The minimum Gasteiger partial charge on any atom is -0.378 e. The van der Waals surface area contributed by atoms with Gasteiger partial charge in [-0.05, 0) is 18.6 Å². The molecular formula is C23H25N3O2S. The molecule has 1 amide bonds. The molecule has 3 aromatic rings. The largest absolute Gasteiger partial charge is 0.378 e. The fourth-order valence-electron chi connectivity index (χ4n) is 3.56. The van der Waals surface area contributed by atoms with Gasteiger partial charge in [0.05, 0.1) is 18.9 Å². The van der Waals surface area contributed by atoms with E-state index in [0.717, 1.165) is 48.1 Å². The topological polar surface area (TPSA) is 45.7 Å². The van der Waals surface area contributed by atoms with Gasteiger partial charge in [0, 0.05) is 37.9 Å². The molecule has 0 unspecified atom stereocenters. The highest BCUT2D eigenvalue weighted by Crippen LogP contribution is 2.29. The number of rotatable bonds is 5. The molecule has 150 valence electrons. The summed E-state index contributed by atoms with van der Waals surface area (Å²) in [5.74, 6) is 0.0129. The van der Waals surface area contributed by atoms with Gasteiger partial charge >= 0.3 is 0 Å². The second-order valence-electron chi connectivity index (χ2n) is 7.19. The van der Waals surface area contributed by atoms with Crippen molar-refractivity contribution in [1.29, 1.82) is 0 Å². The van der Waals surface area contributed by atoms with Crippen molar-refractivity contribution in [1.82, 2.24) is 9.88 Å². The van der Waals surface area contributed by atoms with Gasteiger partial charge in [-0.2, -0.15) is 0 Å². The molecule has 2 heterocycles. The summed E-state index contributed by atoms with van der Waals surface area (Å²) in [5, 5.41) is 0.883. The summed E-state index contributed by atoms with van der Waals surface area (Å²) in [4.78, 5) is 22.6. The molecule has 1 aliphatic rings. The molecule has 0 spiro atoms. The van der Waals surface area contributed by atoms with Gasteiger partial charge in [-0.3, -0.25) is 4.79 Å². The number of benzene rings is 2. The van der Waals surface area contributed by atoms with Gasteiger partial charge in [-0.25, -0.2) is 4.98 Å². The monoisotopic (exact) mass is 407 g/mol. The maximum atomic E-state index is 13.2. The number of hydrogen-bond donors (Lipinski definition) is 0. The first-order valence-corrected chi connectivity index (χ1v) is 10.6. The van der Waals surface area contributed by atoms with Crippen molar-refractivity contribution in [2.75, 3.05) is 38.3 Å². The number of aryl methyl sites for hydroxylation is 1. The summed E-state index contributed by atoms with van der Waals surface area (Å²) in [5.41, 5.74) is 4.16. The van der Waals surface area contributed by atoms with Crippen molar-refractivity contribution >= 4 is 22.9 Å². The first kappa shape index (κ1) is 19.6. The van der Waals surface area contributed by atoms with Crippen LogP contribution in [0.15, 0.2) is 54.6 Å². The van der Waals surface area contributed by atoms with E-state index in [9.17, 15) is 4.79 Å². The van der Waals surface area contributed by atoms with Gasteiger partial charge in [0.15, 0.2) is 0 Å². The lowest BCUT2D eigenvalue weighted by atomic mass is 10.1. The Morgan fingerprint density at radius 3 is 2.55 bits per heavy atom. The highest BCUT2D eigenvalue weighted by atomic mass is 32.1. The highest BCUT2D eigenvalue weighted by Gasteiger charge is 2.21. The normalized spacial score (nSPS) is 14.1. The molecule has 1 fully saturated rings. The summed E-state index contributed by atoms with van der Waals surface area (Å²) in [6.07, 6.45) is 0. The second kappa shape index (κ2) is 8.76. The fourth-order valence-corrected chi connectivity index (χ4v) is 4.62. The Balaban J connectivity index is 1.53. The molecule has 5 nitrogen and oxygen atoms in total. The Morgan fingerprint density at radius 1 is 1.10 bits per heavy atom. The quantitative estimate of drug-likeness (QED) is 0.635. The van der Waals surface area contributed by atoms with E-state index in [2.05, 4.69) is 28.1 Å². The number of carbonyl (C=O) groups is 1. The van der Waals surface area contributed by atoms with E-state index in [1.807, 2.05) is 50.4 Å². The average molecular weight is 408 g/mol. The van der Waals surface area contributed by atoms with Gasteiger partial charge in [0.2, 0.25) is 0 Å². The number of nitrogens with zero attached hydrogens (tertiary/aromatic N) is 3. The van der Waals surface area contributed by atoms with Gasteiger partial charge < -0.3 is 14.5 Å². The fraction of sp³-hybridized carbons (Fsp3) is 0.304. The number of morpholine rings is 1. The molecule has 6 heteroatoms. The summed E-state index contributed by atoms with van der Waals surface area (Å²) >= 11 is 1.46. The number of anilines is 1. The Hall–Kier alpha value is -2.70. The van der Waals surface area contributed by atoms with Gasteiger partial charge in [-0.1, -0.05) is 48.5 Å². The molecule has 0 saturated carbocycles. The molecule has 29 heavy (non-hydrogen) atoms. The molecule has 0 bridgehead atoms. The minimum atomic E-state index is 0.0129. The van der Waals surface area contributed by atoms with E-state index in [-0.39, 0.29) is 5.91 Å². The van der Waals surface area contributed by atoms with Crippen LogP contribution in [0.2, 0.25) is 0 Å². The van der Waals surface area contributed by atoms with Crippen molar-refractivity contribution in [3.63, 3.8) is 0 Å². The Labute approximate surface area is 175 Å². The van der Waals surface area contributed by atoms with Crippen LogP contribution < -0.4 is 4.90 Å².